The first-order valence-corrected chi connectivity index (χ1v) is 7.41. The maximum Gasteiger partial charge on any atom is 0.0362 e. The molecule has 0 saturated heterocycles. The second-order valence-corrected chi connectivity index (χ2v) is 7.08. The van der Waals surface area contributed by atoms with Gasteiger partial charge in [-0.3, -0.25) is 0 Å². The molecule has 2 rings (SSSR count). The molecule has 0 bridgehead atoms. The Kier molecular flexibility index (Phi) is 4.07. The van der Waals surface area contributed by atoms with Crippen molar-refractivity contribution >= 4 is 11.4 Å². The largest absolute Gasteiger partial charge is 0.382 e. The van der Waals surface area contributed by atoms with E-state index in [0.717, 1.165) is 5.92 Å². The van der Waals surface area contributed by atoms with E-state index in [2.05, 4.69) is 69.3 Å². The molecule has 2 unspecified atom stereocenters. The Hall–Kier alpha value is -1.18. The zero-order chi connectivity index (χ0) is 14.0. The highest BCUT2D eigenvalue weighted by Crippen LogP contribution is 2.39. The summed E-state index contributed by atoms with van der Waals surface area (Å²) in [6, 6.07) is 9.38. The third-order valence-electron chi connectivity index (χ3n) is 4.43. The molecule has 2 heteroatoms. The number of hydrogen-bond donors (Lipinski definition) is 1. The van der Waals surface area contributed by atoms with Gasteiger partial charge in [0, 0.05) is 31.5 Å². The van der Waals surface area contributed by atoms with Crippen LogP contribution in [-0.4, -0.2) is 20.1 Å². The lowest BCUT2D eigenvalue weighted by Crippen LogP contribution is -2.36. The highest BCUT2D eigenvalue weighted by Gasteiger charge is 2.32. The van der Waals surface area contributed by atoms with Crippen molar-refractivity contribution in [3.05, 3.63) is 24.3 Å². The van der Waals surface area contributed by atoms with E-state index in [1.165, 1.54) is 30.6 Å². The van der Waals surface area contributed by atoms with Gasteiger partial charge >= 0.3 is 0 Å². The molecule has 1 N–H and O–H groups in total. The first kappa shape index (κ1) is 14.2. The summed E-state index contributed by atoms with van der Waals surface area (Å²) >= 11 is 0. The zero-order valence-corrected chi connectivity index (χ0v) is 13.0. The van der Waals surface area contributed by atoms with Crippen molar-refractivity contribution in [2.75, 3.05) is 24.3 Å². The number of rotatable bonds is 3. The fourth-order valence-corrected chi connectivity index (χ4v) is 3.23. The SMILES string of the molecule is CC1CC(C)(C)CCC1Nc1ccc(N(C)C)cc1. The molecule has 2 atom stereocenters. The van der Waals surface area contributed by atoms with Gasteiger partial charge in [0.05, 0.1) is 0 Å². The van der Waals surface area contributed by atoms with Crippen LogP contribution in [-0.2, 0) is 0 Å². The van der Waals surface area contributed by atoms with Crippen LogP contribution < -0.4 is 10.2 Å². The summed E-state index contributed by atoms with van der Waals surface area (Å²) in [7, 11) is 4.15. The van der Waals surface area contributed by atoms with Gasteiger partial charge in [-0.1, -0.05) is 20.8 Å². The molecule has 1 saturated carbocycles. The van der Waals surface area contributed by atoms with Crippen LogP contribution in [0.4, 0.5) is 11.4 Å². The molecule has 1 aromatic rings. The first-order valence-electron chi connectivity index (χ1n) is 7.41. The predicted octanol–water partition coefficient (Wildman–Crippen LogP) is 4.38. The molecule has 2 nitrogen and oxygen atoms in total. The van der Waals surface area contributed by atoms with Gasteiger partial charge in [0.25, 0.3) is 0 Å². The minimum Gasteiger partial charge on any atom is -0.382 e. The van der Waals surface area contributed by atoms with E-state index >= 15 is 0 Å². The molecule has 0 heterocycles. The van der Waals surface area contributed by atoms with Crippen molar-refractivity contribution in [1.82, 2.24) is 0 Å². The smallest absolute Gasteiger partial charge is 0.0362 e. The van der Waals surface area contributed by atoms with Crippen LogP contribution in [0.2, 0.25) is 0 Å². The van der Waals surface area contributed by atoms with Crippen LogP contribution in [0.5, 0.6) is 0 Å². The summed E-state index contributed by atoms with van der Waals surface area (Å²) in [6.07, 6.45) is 3.93. The fourth-order valence-electron chi connectivity index (χ4n) is 3.23. The van der Waals surface area contributed by atoms with Gasteiger partial charge in [0.2, 0.25) is 0 Å². The Balaban J connectivity index is 1.98. The lowest BCUT2D eigenvalue weighted by atomic mass is 9.70. The normalized spacial score (nSPS) is 25.9. The first-order chi connectivity index (χ1) is 8.87. The lowest BCUT2D eigenvalue weighted by molar-refractivity contribution is 0.177. The standard InChI is InChI=1S/C17H28N2/c1-13-12-17(2,3)11-10-16(13)18-14-6-8-15(9-7-14)19(4)5/h6-9,13,16,18H,10-12H2,1-5H3. The molecule has 0 spiro atoms. The van der Waals surface area contributed by atoms with Crippen molar-refractivity contribution in [3.63, 3.8) is 0 Å². The van der Waals surface area contributed by atoms with E-state index in [1.54, 1.807) is 0 Å². The van der Waals surface area contributed by atoms with Crippen molar-refractivity contribution < 1.29 is 0 Å². The Morgan fingerprint density at radius 1 is 1.16 bits per heavy atom. The number of benzene rings is 1. The molecule has 0 aromatic heterocycles. The molecule has 0 radical (unpaired) electrons. The number of nitrogens with zero attached hydrogens (tertiary/aromatic N) is 1. The summed E-state index contributed by atoms with van der Waals surface area (Å²) in [4.78, 5) is 2.13. The molecular weight excluding hydrogens is 232 g/mol. The van der Waals surface area contributed by atoms with E-state index < -0.39 is 0 Å². The van der Waals surface area contributed by atoms with Crippen LogP contribution in [0.3, 0.4) is 0 Å². The molecule has 0 amide bonds. The summed E-state index contributed by atoms with van der Waals surface area (Å²) in [5, 5.41) is 3.72. The Morgan fingerprint density at radius 2 is 1.79 bits per heavy atom. The summed E-state index contributed by atoms with van der Waals surface area (Å²) < 4.78 is 0. The topological polar surface area (TPSA) is 15.3 Å². The molecule has 0 aliphatic heterocycles. The fraction of sp³-hybridized carbons (Fsp3) is 0.647. The second kappa shape index (κ2) is 5.44. The molecule has 1 aliphatic rings. The third-order valence-corrected chi connectivity index (χ3v) is 4.43. The second-order valence-electron chi connectivity index (χ2n) is 7.08. The Bertz CT molecular complexity index is 406. The Morgan fingerprint density at radius 3 is 2.32 bits per heavy atom. The zero-order valence-electron chi connectivity index (χ0n) is 13.0. The minimum absolute atomic E-state index is 0.520. The number of nitrogens with one attached hydrogen (secondary N) is 1. The van der Waals surface area contributed by atoms with Crippen LogP contribution in [0.1, 0.15) is 40.0 Å². The van der Waals surface area contributed by atoms with Gasteiger partial charge < -0.3 is 10.2 Å². The quantitative estimate of drug-likeness (QED) is 0.867. The van der Waals surface area contributed by atoms with E-state index in [4.69, 9.17) is 0 Å². The summed E-state index contributed by atoms with van der Waals surface area (Å²) in [5.74, 6) is 0.747. The average Bonchev–Trinajstić information content (AvgIpc) is 2.33. The highest BCUT2D eigenvalue weighted by atomic mass is 15.1. The van der Waals surface area contributed by atoms with E-state index in [1.807, 2.05) is 0 Å². The van der Waals surface area contributed by atoms with E-state index in [0.29, 0.717) is 11.5 Å². The molecule has 19 heavy (non-hydrogen) atoms. The minimum atomic E-state index is 0.520. The molecule has 106 valence electrons. The van der Waals surface area contributed by atoms with Crippen molar-refractivity contribution in [1.29, 1.82) is 0 Å². The predicted molar refractivity (Wildman–Crippen MR) is 85.0 cm³/mol. The maximum absolute atomic E-state index is 3.72. The molecule has 1 fully saturated rings. The van der Waals surface area contributed by atoms with Crippen molar-refractivity contribution in [2.24, 2.45) is 11.3 Å². The third kappa shape index (κ3) is 3.65. The Labute approximate surface area is 118 Å². The van der Waals surface area contributed by atoms with Crippen molar-refractivity contribution in [3.8, 4) is 0 Å². The summed E-state index contributed by atoms with van der Waals surface area (Å²) in [5.41, 5.74) is 3.03. The number of hydrogen-bond acceptors (Lipinski definition) is 2. The van der Waals surface area contributed by atoms with Crippen LogP contribution >= 0.6 is 0 Å². The van der Waals surface area contributed by atoms with Gasteiger partial charge in [-0.15, -0.1) is 0 Å². The highest BCUT2D eigenvalue weighted by molar-refractivity contribution is 5.54. The van der Waals surface area contributed by atoms with Crippen molar-refractivity contribution in [2.45, 2.75) is 46.1 Å². The van der Waals surface area contributed by atoms with Gasteiger partial charge in [-0.25, -0.2) is 0 Å². The monoisotopic (exact) mass is 260 g/mol. The maximum atomic E-state index is 3.72. The van der Waals surface area contributed by atoms with E-state index in [-0.39, 0.29) is 0 Å². The lowest BCUT2D eigenvalue weighted by Gasteiger charge is -2.40. The van der Waals surface area contributed by atoms with Crippen LogP contribution in [0.15, 0.2) is 24.3 Å². The van der Waals surface area contributed by atoms with E-state index in [9.17, 15) is 0 Å². The number of anilines is 2. The van der Waals surface area contributed by atoms with Gasteiger partial charge in [-0.2, -0.15) is 0 Å². The van der Waals surface area contributed by atoms with Gasteiger partial charge in [-0.05, 0) is 54.9 Å². The molecular formula is C17H28N2. The average molecular weight is 260 g/mol. The molecule has 1 aliphatic carbocycles. The molecule has 1 aromatic carbocycles. The summed E-state index contributed by atoms with van der Waals surface area (Å²) in [6.45, 7) is 7.17. The van der Waals surface area contributed by atoms with Gasteiger partial charge in [0.1, 0.15) is 0 Å². The van der Waals surface area contributed by atoms with Gasteiger partial charge in [0.15, 0.2) is 0 Å². The van der Waals surface area contributed by atoms with Crippen LogP contribution in [0.25, 0.3) is 0 Å². The van der Waals surface area contributed by atoms with Crippen LogP contribution in [0, 0.1) is 11.3 Å².